The number of piperazine rings is 1. The van der Waals surface area contributed by atoms with E-state index in [0.29, 0.717) is 12.6 Å². The van der Waals surface area contributed by atoms with Gasteiger partial charge in [0.1, 0.15) is 11.6 Å². The van der Waals surface area contributed by atoms with E-state index in [9.17, 15) is 18.4 Å². The Kier molecular flexibility index (Phi) is 6.54. The van der Waals surface area contributed by atoms with Crippen molar-refractivity contribution in [3.63, 3.8) is 0 Å². The van der Waals surface area contributed by atoms with Crippen molar-refractivity contribution in [1.82, 2.24) is 10.9 Å². The van der Waals surface area contributed by atoms with E-state index in [1.54, 1.807) is 0 Å². The molecule has 2 amide bonds. The standard InChI is InChI=1S/C20H22F2N4O2/c21-16-12-15(13-17(22)14-16)20(28)24-23-19(27)6-7-25-8-10-26(11-9-25)18-4-2-1-3-5-18/h1-5,12-14H,6-11H2,(H,23,27)(H,24,28)/p+1. The Bertz CT molecular complexity index is 804. The Hall–Kier alpha value is -3.00. The number of nitrogens with zero attached hydrogens (tertiary/aromatic N) is 1. The molecule has 0 aromatic heterocycles. The molecule has 8 heteroatoms. The molecule has 6 nitrogen and oxygen atoms in total. The summed E-state index contributed by atoms with van der Waals surface area (Å²) in [7, 11) is 0. The van der Waals surface area contributed by atoms with E-state index in [4.69, 9.17) is 0 Å². The minimum absolute atomic E-state index is 0.194. The number of hydrazine groups is 1. The lowest BCUT2D eigenvalue weighted by Gasteiger charge is -2.33. The van der Waals surface area contributed by atoms with E-state index in [-0.39, 0.29) is 17.9 Å². The number of hydrogen-bond acceptors (Lipinski definition) is 3. The third-order valence-corrected chi connectivity index (χ3v) is 4.74. The number of halogens is 2. The monoisotopic (exact) mass is 389 g/mol. The average molecular weight is 389 g/mol. The van der Waals surface area contributed by atoms with Crippen LogP contribution in [0.25, 0.3) is 0 Å². The summed E-state index contributed by atoms with van der Waals surface area (Å²) in [6.07, 6.45) is 0.248. The summed E-state index contributed by atoms with van der Waals surface area (Å²) in [5, 5.41) is 0. The van der Waals surface area contributed by atoms with Crippen molar-refractivity contribution < 1.29 is 23.3 Å². The number of benzene rings is 2. The molecule has 1 heterocycles. The highest BCUT2D eigenvalue weighted by atomic mass is 19.1. The van der Waals surface area contributed by atoms with Crippen molar-refractivity contribution >= 4 is 17.5 Å². The summed E-state index contributed by atoms with van der Waals surface area (Å²) in [6.45, 7) is 4.35. The molecule has 28 heavy (non-hydrogen) atoms. The normalized spacial score (nSPS) is 14.6. The lowest BCUT2D eigenvalue weighted by Crippen LogP contribution is -3.15. The van der Waals surface area contributed by atoms with Crippen LogP contribution in [0.4, 0.5) is 14.5 Å². The topological polar surface area (TPSA) is 65.9 Å². The largest absolute Gasteiger partial charge is 0.360 e. The summed E-state index contributed by atoms with van der Waals surface area (Å²) >= 11 is 0. The number of rotatable bonds is 5. The summed E-state index contributed by atoms with van der Waals surface area (Å²) in [5.41, 5.74) is 5.48. The number of hydrogen-bond donors (Lipinski definition) is 3. The van der Waals surface area contributed by atoms with Crippen molar-refractivity contribution in [1.29, 1.82) is 0 Å². The van der Waals surface area contributed by atoms with Crippen LogP contribution in [0.3, 0.4) is 0 Å². The Morgan fingerprint density at radius 3 is 2.25 bits per heavy atom. The molecule has 1 saturated heterocycles. The number of amides is 2. The van der Waals surface area contributed by atoms with Crippen LogP contribution < -0.4 is 20.7 Å². The quantitative estimate of drug-likeness (QED) is 0.654. The second-order valence-corrected chi connectivity index (χ2v) is 6.73. The van der Waals surface area contributed by atoms with Crippen LogP contribution >= 0.6 is 0 Å². The predicted octanol–water partition coefficient (Wildman–Crippen LogP) is 0.521. The average Bonchev–Trinajstić information content (AvgIpc) is 2.71. The molecular formula is C20H23F2N4O2+. The van der Waals surface area contributed by atoms with Crippen LogP contribution in [-0.4, -0.2) is 44.5 Å². The first-order valence-electron chi connectivity index (χ1n) is 9.20. The molecule has 0 unspecified atom stereocenters. The van der Waals surface area contributed by atoms with E-state index in [2.05, 4.69) is 27.9 Å². The molecule has 2 aromatic rings. The highest BCUT2D eigenvalue weighted by molar-refractivity contribution is 5.95. The van der Waals surface area contributed by atoms with E-state index in [1.165, 1.54) is 10.6 Å². The van der Waals surface area contributed by atoms with Gasteiger partial charge < -0.3 is 9.80 Å². The van der Waals surface area contributed by atoms with Gasteiger partial charge in [0.25, 0.3) is 5.91 Å². The first-order chi connectivity index (χ1) is 13.5. The molecule has 0 atom stereocenters. The molecule has 1 fully saturated rings. The molecule has 3 rings (SSSR count). The molecule has 0 aliphatic carbocycles. The smallest absolute Gasteiger partial charge is 0.269 e. The molecule has 0 saturated carbocycles. The summed E-state index contributed by atoms with van der Waals surface area (Å²) in [5.74, 6) is -2.82. The number of para-hydroxylation sites is 1. The van der Waals surface area contributed by atoms with Crippen LogP contribution in [0.15, 0.2) is 48.5 Å². The van der Waals surface area contributed by atoms with E-state index < -0.39 is 17.5 Å². The Labute approximate surface area is 162 Å². The van der Waals surface area contributed by atoms with Crippen LogP contribution in [-0.2, 0) is 4.79 Å². The highest BCUT2D eigenvalue weighted by Crippen LogP contribution is 2.12. The molecule has 1 aliphatic rings. The van der Waals surface area contributed by atoms with Crippen molar-refractivity contribution in [2.24, 2.45) is 0 Å². The molecule has 148 valence electrons. The number of quaternary nitrogens is 1. The summed E-state index contributed by atoms with van der Waals surface area (Å²) in [6, 6.07) is 12.7. The van der Waals surface area contributed by atoms with Gasteiger partial charge in [-0.15, -0.1) is 0 Å². The molecule has 1 aliphatic heterocycles. The SMILES string of the molecule is O=C(CC[NH+]1CCN(c2ccccc2)CC1)NNC(=O)c1cc(F)cc(F)c1. The number of carbonyl (C=O) groups is 2. The third-order valence-electron chi connectivity index (χ3n) is 4.74. The first-order valence-corrected chi connectivity index (χ1v) is 9.20. The van der Waals surface area contributed by atoms with Crippen molar-refractivity contribution in [2.75, 3.05) is 37.6 Å². The second kappa shape index (κ2) is 9.27. The molecule has 0 radical (unpaired) electrons. The van der Waals surface area contributed by atoms with Crippen molar-refractivity contribution in [3.05, 3.63) is 65.7 Å². The van der Waals surface area contributed by atoms with Gasteiger partial charge in [0.15, 0.2) is 0 Å². The van der Waals surface area contributed by atoms with Gasteiger partial charge in [-0.1, -0.05) is 18.2 Å². The molecule has 0 bridgehead atoms. The maximum atomic E-state index is 13.1. The predicted molar refractivity (Wildman–Crippen MR) is 101 cm³/mol. The van der Waals surface area contributed by atoms with Gasteiger partial charge in [-0.25, -0.2) is 8.78 Å². The fourth-order valence-electron chi connectivity index (χ4n) is 3.21. The van der Waals surface area contributed by atoms with Crippen molar-refractivity contribution in [2.45, 2.75) is 6.42 Å². The number of anilines is 1. The maximum absolute atomic E-state index is 13.1. The summed E-state index contributed by atoms with van der Waals surface area (Å²) in [4.78, 5) is 27.4. The Morgan fingerprint density at radius 1 is 0.964 bits per heavy atom. The lowest BCUT2D eigenvalue weighted by molar-refractivity contribution is -0.900. The highest BCUT2D eigenvalue weighted by Gasteiger charge is 2.20. The zero-order chi connectivity index (χ0) is 19.9. The van der Waals surface area contributed by atoms with Gasteiger partial charge in [-0.05, 0) is 24.3 Å². The number of nitrogens with one attached hydrogen (secondary N) is 3. The van der Waals surface area contributed by atoms with Crippen molar-refractivity contribution in [3.8, 4) is 0 Å². The summed E-state index contributed by atoms with van der Waals surface area (Å²) < 4.78 is 26.3. The van der Waals surface area contributed by atoms with Gasteiger partial charge >= 0.3 is 0 Å². The van der Waals surface area contributed by atoms with E-state index >= 15 is 0 Å². The molecule has 0 spiro atoms. The van der Waals surface area contributed by atoms with Crippen LogP contribution in [0, 0.1) is 11.6 Å². The van der Waals surface area contributed by atoms with Gasteiger partial charge in [0, 0.05) is 17.3 Å². The molecular weight excluding hydrogens is 366 g/mol. The maximum Gasteiger partial charge on any atom is 0.269 e. The van der Waals surface area contributed by atoms with Gasteiger partial charge in [-0.2, -0.15) is 0 Å². The third kappa shape index (κ3) is 5.50. The van der Waals surface area contributed by atoms with Gasteiger partial charge in [0.05, 0.1) is 39.1 Å². The lowest BCUT2D eigenvalue weighted by atomic mass is 10.2. The van der Waals surface area contributed by atoms with Gasteiger partial charge in [-0.3, -0.25) is 20.4 Å². The zero-order valence-corrected chi connectivity index (χ0v) is 15.4. The van der Waals surface area contributed by atoms with E-state index in [0.717, 1.165) is 38.3 Å². The van der Waals surface area contributed by atoms with Crippen LogP contribution in [0.2, 0.25) is 0 Å². The fraction of sp³-hybridized carbons (Fsp3) is 0.300. The fourth-order valence-corrected chi connectivity index (χ4v) is 3.21. The number of carbonyl (C=O) groups excluding carboxylic acids is 2. The Balaban J connectivity index is 1.37. The second-order valence-electron chi connectivity index (χ2n) is 6.73. The van der Waals surface area contributed by atoms with E-state index in [1.807, 2.05) is 18.2 Å². The zero-order valence-electron chi connectivity index (χ0n) is 15.4. The minimum atomic E-state index is -0.852. The van der Waals surface area contributed by atoms with Crippen LogP contribution in [0.1, 0.15) is 16.8 Å². The van der Waals surface area contributed by atoms with Gasteiger partial charge in [0.2, 0.25) is 5.91 Å². The molecule has 2 aromatic carbocycles. The Morgan fingerprint density at radius 2 is 1.61 bits per heavy atom. The minimum Gasteiger partial charge on any atom is -0.360 e. The molecule has 3 N–H and O–H groups in total. The van der Waals surface area contributed by atoms with Crippen LogP contribution in [0.5, 0.6) is 0 Å². The first kappa shape index (κ1) is 19.8.